The molecule has 1 unspecified atom stereocenters. The number of para-hydroxylation sites is 1. The molecule has 2 aliphatic heterocycles. The molecule has 8 heteroatoms. The lowest BCUT2D eigenvalue weighted by Crippen LogP contribution is -2.41. The second-order valence-electron chi connectivity index (χ2n) is 7.82. The van der Waals surface area contributed by atoms with Crippen molar-refractivity contribution >= 4 is 41.0 Å². The third-order valence-corrected chi connectivity index (χ3v) is 5.87. The van der Waals surface area contributed by atoms with Crippen molar-refractivity contribution in [1.82, 2.24) is 4.90 Å². The minimum absolute atomic E-state index is 0.0931. The summed E-state index contributed by atoms with van der Waals surface area (Å²) < 4.78 is 5.17. The van der Waals surface area contributed by atoms with Crippen molar-refractivity contribution in [1.29, 1.82) is 0 Å². The maximum absolute atomic E-state index is 12.9. The molecule has 1 fully saturated rings. The summed E-state index contributed by atoms with van der Waals surface area (Å²) in [7, 11) is 0. The quantitative estimate of drug-likeness (QED) is 0.536. The third kappa shape index (κ3) is 4.05. The van der Waals surface area contributed by atoms with E-state index < -0.39 is 17.8 Å². The molecule has 0 bridgehead atoms. The van der Waals surface area contributed by atoms with Gasteiger partial charge in [-0.25, -0.2) is 9.69 Å². The average Bonchev–Trinajstić information content (AvgIpc) is 3.02. The number of esters is 1. The molecule has 0 aromatic heterocycles. The summed E-state index contributed by atoms with van der Waals surface area (Å²) in [5.74, 6) is -1.62. The van der Waals surface area contributed by atoms with Crippen LogP contribution >= 0.6 is 11.6 Å². The predicted molar refractivity (Wildman–Crippen MR) is 114 cm³/mol. The van der Waals surface area contributed by atoms with E-state index in [0.29, 0.717) is 19.0 Å². The number of likely N-dealkylation sites (tertiary alicyclic amines) is 1. The molecule has 0 spiro atoms. The van der Waals surface area contributed by atoms with Crippen LogP contribution in [-0.4, -0.2) is 48.3 Å². The molecule has 31 heavy (non-hydrogen) atoms. The second kappa shape index (κ2) is 8.51. The first-order valence-corrected chi connectivity index (χ1v) is 10.5. The van der Waals surface area contributed by atoms with Crippen molar-refractivity contribution in [2.24, 2.45) is 5.92 Å². The SMILES string of the molecule is CC1CCCN(C(=O)COC(=O)c2ccc3c(c2)C(=O)N(c2ccccc2Cl)C3=O)C1. The Kier molecular flexibility index (Phi) is 5.78. The van der Waals surface area contributed by atoms with E-state index in [1.807, 2.05) is 0 Å². The Morgan fingerprint density at radius 2 is 1.84 bits per heavy atom. The van der Waals surface area contributed by atoms with Gasteiger partial charge in [-0.3, -0.25) is 14.4 Å². The van der Waals surface area contributed by atoms with Gasteiger partial charge in [0, 0.05) is 13.1 Å². The number of rotatable bonds is 4. The summed E-state index contributed by atoms with van der Waals surface area (Å²) in [6.45, 7) is 3.04. The van der Waals surface area contributed by atoms with E-state index in [2.05, 4.69) is 6.92 Å². The Morgan fingerprint density at radius 1 is 1.10 bits per heavy atom. The van der Waals surface area contributed by atoms with Gasteiger partial charge in [0.15, 0.2) is 6.61 Å². The molecule has 4 rings (SSSR count). The van der Waals surface area contributed by atoms with E-state index in [1.165, 1.54) is 18.2 Å². The van der Waals surface area contributed by atoms with Gasteiger partial charge in [0.1, 0.15) is 0 Å². The Labute approximate surface area is 184 Å². The van der Waals surface area contributed by atoms with E-state index in [1.54, 1.807) is 29.2 Å². The minimum Gasteiger partial charge on any atom is -0.452 e. The largest absolute Gasteiger partial charge is 0.452 e. The highest BCUT2D eigenvalue weighted by atomic mass is 35.5. The number of nitrogens with zero attached hydrogens (tertiary/aromatic N) is 2. The number of anilines is 1. The third-order valence-electron chi connectivity index (χ3n) is 5.55. The number of benzene rings is 2. The molecule has 2 aromatic carbocycles. The van der Waals surface area contributed by atoms with Crippen LogP contribution in [0.3, 0.4) is 0 Å². The van der Waals surface area contributed by atoms with E-state index in [-0.39, 0.29) is 39.9 Å². The van der Waals surface area contributed by atoms with E-state index in [9.17, 15) is 19.2 Å². The van der Waals surface area contributed by atoms with Crippen LogP contribution < -0.4 is 4.90 Å². The molecule has 2 aromatic rings. The summed E-state index contributed by atoms with van der Waals surface area (Å²) in [5.41, 5.74) is 0.650. The first-order valence-electron chi connectivity index (χ1n) is 10.1. The van der Waals surface area contributed by atoms with Crippen LogP contribution in [-0.2, 0) is 9.53 Å². The molecular weight excluding hydrogens is 420 g/mol. The molecule has 0 radical (unpaired) electrons. The molecule has 0 N–H and O–H groups in total. The number of halogens is 1. The highest BCUT2D eigenvalue weighted by Crippen LogP contribution is 2.33. The van der Waals surface area contributed by atoms with Crippen LogP contribution in [0.5, 0.6) is 0 Å². The molecule has 2 aliphatic rings. The van der Waals surface area contributed by atoms with Crippen LogP contribution in [0.15, 0.2) is 42.5 Å². The summed E-state index contributed by atoms with van der Waals surface area (Å²) >= 11 is 6.15. The second-order valence-corrected chi connectivity index (χ2v) is 8.23. The maximum atomic E-state index is 12.9. The van der Waals surface area contributed by atoms with Crippen LogP contribution in [0.2, 0.25) is 5.02 Å². The first kappa shape index (κ1) is 21.1. The zero-order valence-corrected chi connectivity index (χ0v) is 17.7. The van der Waals surface area contributed by atoms with Crippen molar-refractivity contribution in [2.45, 2.75) is 19.8 Å². The van der Waals surface area contributed by atoms with Crippen LogP contribution in [0.25, 0.3) is 0 Å². The number of hydrogen-bond donors (Lipinski definition) is 0. The van der Waals surface area contributed by atoms with Gasteiger partial charge < -0.3 is 9.64 Å². The number of imide groups is 1. The number of amides is 3. The van der Waals surface area contributed by atoms with E-state index >= 15 is 0 Å². The van der Waals surface area contributed by atoms with Gasteiger partial charge >= 0.3 is 5.97 Å². The fourth-order valence-corrected chi connectivity index (χ4v) is 4.16. The Morgan fingerprint density at radius 3 is 2.58 bits per heavy atom. The number of carbonyl (C=O) groups is 4. The average molecular weight is 441 g/mol. The lowest BCUT2D eigenvalue weighted by molar-refractivity contribution is -0.136. The zero-order chi connectivity index (χ0) is 22.1. The molecule has 7 nitrogen and oxygen atoms in total. The number of fused-ring (bicyclic) bond motifs is 1. The van der Waals surface area contributed by atoms with E-state index in [0.717, 1.165) is 17.7 Å². The predicted octanol–water partition coefficient (Wildman–Crippen LogP) is 3.56. The van der Waals surface area contributed by atoms with Gasteiger partial charge in [0.25, 0.3) is 17.7 Å². The fourth-order valence-electron chi connectivity index (χ4n) is 3.94. The number of carbonyl (C=O) groups excluding carboxylic acids is 4. The van der Waals surface area contributed by atoms with E-state index in [4.69, 9.17) is 16.3 Å². The van der Waals surface area contributed by atoms with Crippen molar-refractivity contribution in [3.63, 3.8) is 0 Å². The van der Waals surface area contributed by atoms with Gasteiger partial charge in [0.05, 0.1) is 27.4 Å². The lowest BCUT2D eigenvalue weighted by Gasteiger charge is -2.30. The monoisotopic (exact) mass is 440 g/mol. The molecule has 0 saturated carbocycles. The Hall–Kier alpha value is -3.19. The number of ether oxygens (including phenoxy) is 1. The summed E-state index contributed by atoms with van der Waals surface area (Å²) in [5, 5.41) is 0.266. The summed E-state index contributed by atoms with van der Waals surface area (Å²) in [6.07, 6.45) is 2.01. The normalized spacial score (nSPS) is 18.2. The topological polar surface area (TPSA) is 84.0 Å². The first-order chi connectivity index (χ1) is 14.9. The minimum atomic E-state index is -0.724. The van der Waals surface area contributed by atoms with Gasteiger partial charge in [-0.2, -0.15) is 0 Å². The number of piperidine rings is 1. The Balaban J connectivity index is 1.47. The maximum Gasteiger partial charge on any atom is 0.338 e. The van der Waals surface area contributed by atoms with Crippen LogP contribution in [0, 0.1) is 5.92 Å². The Bertz CT molecular complexity index is 1080. The summed E-state index contributed by atoms with van der Waals surface area (Å²) in [4.78, 5) is 53.1. The van der Waals surface area contributed by atoms with Crippen molar-refractivity contribution < 1.29 is 23.9 Å². The molecule has 0 aliphatic carbocycles. The van der Waals surface area contributed by atoms with Gasteiger partial charge in [-0.05, 0) is 49.1 Å². The molecule has 3 amide bonds. The van der Waals surface area contributed by atoms with Crippen molar-refractivity contribution in [3.05, 3.63) is 64.2 Å². The lowest BCUT2D eigenvalue weighted by atomic mass is 10.0. The molecule has 160 valence electrons. The van der Waals surface area contributed by atoms with Crippen LogP contribution in [0.1, 0.15) is 50.8 Å². The highest BCUT2D eigenvalue weighted by Gasteiger charge is 2.38. The standard InChI is InChI=1S/C23H21ClN2O5/c1-14-5-4-10-25(12-14)20(27)13-31-23(30)15-8-9-16-17(11-15)22(29)26(21(16)28)19-7-3-2-6-18(19)24/h2-3,6-9,11,14H,4-5,10,12-13H2,1H3. The van der Waals surface area contributed by atoms with Gasteiger partial charge in [0.2, 0.25) is 0 Å². The van der Waals surface area contributed by atoms with Gasteiger partial charge in [-0.15, -0.1) is 0 Å². The highest BCUT2D eigenvalue weighted by molar-refractivity contribution is 6.39. The molecule has 1 saturated heterocycles. The molecular formula is C23H21ClN2O5. The van der Waals surface area contributed by atoms with Crippen molar-refractivity contribution in [3.8, 4) is 0 Å². The summed E-state index contributed by atoms with van der Waals surface area (Å²) in [6, 6.07) is 10.7. The van der Waals surface area contributed by atoms with Crippen LogP contribution in [0.4, 0.5) is 5.69 Å². The molecule has 1 atom stereocenters. The number of hydrogen-bond acceptors (Lipinski definition) is 5. The van der Waals surface area contributed by atoms with Crippen molar-refractivity contribution in [2.75, 3.05) is 24.6 Å². The fraction of sp³-hybridized carbons (Fsp3) is 0.304. The van der Waals surface area contributed by atoms with Gasteiger partial charge in [-0.1, -0.05) is 30.7 Å². The zero-order valence-electron chi connectivity index (χ0n) is 17.0. The molecule has 2 heterocycles. The smallest absolute Gasteiger partial charge is 0.338 e.